The molecule has 0 fully saturated rings. The highest BCUT2D eigenvalue weighted by atomic mass is 35.5. The minimum atomic E-state index is 0.683. The summed E-state index contributed by atoms with van der Waals surface area (Å²) in [5.41, 5.74) is 6.54. The van der Waals surface area contributed by atoms with E-state index < -0.39 is 0 Å². The molecule has 15 heavy (non-hydrogen) atoms. The van der Waals surface area contributed by atoms with E-state index >= 15 is 0 Å². The minimum absolute atomic E-state index is 0.683. The first-order chi connectivity index (χ1) is 7.33. The molecule has 0 aliphatic heterocycles. The van der Waals surface area contributed by atoms with Gasteiger partial charge >= 0.3 is 0 Å². The van der Waals surface area contributed by atoms with Crippen molar-refractivity contribution in [1.82, 2.24) is 4.98 Å². The molecule has 0 saturated heterocycles. The molecule has 1 aromatic heterocycles. The van der Waals surface area contributed by atoms with Crippen molar-refractivity contribution in [3.05, 3.63) is 41.2 Å². The van der Waals surface area contributed by atoms with Crippen LogP contribution < -0.4 is 5.73 Å². The number of fused-ring (bicyclic) bond motifs is 1. The number of halogens is 1. The van der Waals surface area contributed by atoms with Crippen LogP contribution in [0.25, 0.3) is 10.8 Å². The molecule has 0 atom stereocenters. The van der Waals surface area contributed by atoms with Gasteiger partial charge < -0.3 is 5.73 Å². The van der Waals surface area contributed by atoms with Crippen LogP contribution in [-0.2, 0) is 6.42 Å². The van der Waals surface area contributed by atoms with E-state index in [1.165, 1.54) is 0 Å². The fraction of sp³-hybridized carbons (Fsp3) is 0.250. The van der Waals surface area contributed by atoms with Gasteiger partial charge in [-0.25, -0.2) is 0 Å². The molecule has 0 aliphatic rings. The van der Waals surface area contributed by atoms with Gasteiger partial charge in [-0.2, -0.15) is 0 Å². The first kappa shape index (κ1) is 10.4. The summed E-state index contributed by atoms with van der Waals surface area (Å²) in [6.07, 6.45) is 3.65. The highest BCUT2D eigenvalue weighted by Crippen LogP contribution is 2.25. The smallest absolute Gasteiger partial charge is 0.0502 e. The van der Waals surface area contributed by atoms with Crippen LogP contribution in [0.3, 0.4) is 0 Å². The van der Waals surface area contributed by atoms with Gasteiger partial charge in [-0.05, 0) is 36.9 Å². The Hall–Kier alpha value is -1.12. The van der Waals surface area contributed by atoms with Crippen LogP contribution in [0.1, 0.15) is 12.1 Å². The molecule has 1 aromatic carbocycles. The Morgan fingerprint density at radius 1 is 1.27 bits per heavy atom. The molecule has 0 radical (unpaired) electrons. The number of hydrogen-bond donors (Lipinski definition) is 1. The van der Waals surface area contributed by atoms with E-state index in [1.54, 1.807) is 0 Å². The van der Waals surface area contributed by atoms with Gasteiger partial charge in [0.1, 0.15) is 0 Å². The maximum atomic E-state index is 6.17. The van der Waals surface area contributed by atoms with Gasteiger partial charge in [-0.15, -0.1) is 0 Å². The van der Waals surface area contributed by atoms with Crippen molar-refractivity contribution in [2.75, 3.05) is 6.54 Å². The SMILES string of the molecule is NCCCc1nccc2cccc(Cl)c12. The number of aromatic nitrogens is 1. The van der Waals surface area contributed by atoms with Crippen LogP contribution in [0.5, 0.6) is 0 Å². The Balaban J connectivity index is 2.53. The van der Waals surface area contributed by atoms with Gasteiger partial charge in [-0.3, -0.25) is 4.98 Å². The van der Waals surface area contributed by atoms with E-state index in [-0.39, 0.29) is 0 Å². The highest BCUT2D eigenvalue weighted by Gasteiger charge is 2.05. The summed E-state index contributed by atoms with van der Waals surface area (Å²) in [4.78, 5) is 4.37. The second-order valence-corrected chi connectivity index (χ2v) is 3.90. The topological polar surface area (TPSA) is 38.9 Å². The molecule has 78 valence electrons. The third kappa shape index (κ3) is 2.11. The van der Waals surface area contributed by atoms with Crippen molar-refractivity contribution in [3.8, 4) is 0 Å². The standard InChI is InChI=1S/C12H13ClN2/c13-10-4-1-3-9-6-8-15-11(12(9)10)5-2-7-14/h1,3-4,6,8H,2,5,7,14H2. The second-order valence-electron chi connectivity index (χ2n) is 3.49. The summed E-state index contributed by atoms with van der Waals surface area (Å²) in [5, 5.41) is 2.98. The molecule has 0 unspecified atom stereocenters. The van der Waals surface area contributed by atoms with E-state index in [4.69, 9.17) is 17.3 Å². The van der Waals surface area contributed by atoms with Gasteiger partial charge in [0.05, 0.1) is 5.02 Å². The molecule has 0 amide bonds. The van der Waals surface area contributed by atoms with Crippen molar-refractivity contribution in [3.63, 3.8) is 0 Å². The molecule has 3 heteroatoms. The third-order valence-electron chi connectivity index (χ3n) is 2.44. The van der Waals surface area contributed by atoms with E-state index in [0.717, 1.165) is 34.3 Å². The van der Waals surface area contributed by atoms with Crippen LogP contribution >= 0.6 is 11.6 Å². The number of nitrogens with two attached hydrogens (primary N) is 1. The second kappa shape index (κ2) is 4.60. The maximum absolute atomic E-state index is 6.17. The predicted octanol–water partition coefficient (Wildman–Crippen LogP) is 2.78. The van der Waals surface area contributed by atoms with Crippen LogP contribution in [0.2, 0.25) is 5.02 Å². The summed E-state index contributed by atoms with van der Waals surface area (Å²) in [6.45, 7) is 0.683. The Morgan fingerprint density at radius 3 is 2.93 bits per heavy atom. The number of hydrogen-bond acceptors (Lipinski definition) is 2. The monoisotopic (exact) mass is 220 g/mol. The van der Waals surface area contributed by atoms with Crippen LogP contribution in [0.4, 0.5) is 0 Å². The average molecular weight is 221 g/mol. The number of pyridine rings is 1. The molecular formula is C12H13ClN2. The fourth-order valence-corrected chi connectivity index (χ4v) is 2.01. The van der Waals surface area contributed by atoms with Crippen molar-refractivity contribution < 1.29 is 0 Å². The zero-order chi connectivity index (χ0) is 10.7. The lowest BCUT2D eigenvalue weighted by Crippen LogP contribution is -2.02. The normalized spacial score (nSPS) is 10.8. The quantitative estimate of drug-likeness (QED) is 0.864. The first-order valence-electron chi connectivity index (χ1n) is 5.05. The van der Waals surface area contributed by atoms with Gasteiger partial charge in [0, 0.05) is 17.3 Å². The van der Waals surface area contributed by atoms with Gasteiger partial charge in [-0.1, -0.05) is 23.7 Å². The molecular weight excluding hydrogens is 208 g/mol. The predicted molar refractivity (Wildman–Crippen MR) is 64.1 cm³/mol. The van der Waals surface area contributed by atoms with Crippen molar-refractivity contribution in [1.29, 1.82) is 0 Å². The summed E-state index contributed by atoms with van der Waals surface area (Å²) < 4.78 is 0. The summed E-state index contributed by atoms with van der Waals surface area (Å²) in [5.74, 6) is 0. The Morgan fingerprint density at radius 2 is 2.13 bits per heavy atom. The lowest BCUT2D eigenvalue weighted by atomic mass is 10.1. The van der Waals surface area contributed by atoms with Gasteiger partial charge in [0.25, 0.3) is 0 Å². The van der Waals surface area contributed by atoms with Crippen molar-refractivity contribution in [2.45, 2.75) is 12.8 Å². The van der Waals surface area contributed by atoms with E-state index in [9.17, 15) is 0 Å². The lowest BCUT2D eigenvalue weighted by Gasteiger charge is -2.06. The average Bonchev–Trinajstić information content (AvgIpc) is 2.26. The van der Waals surface area contributed by atoms with E-state index in [1.807, 2.05) is 24.4 Å². The number of benzene rings is 1. The van der Waals surface area contributed by atoms with E-state index in [2.05, 4.69) is 11.1 Å². The van der Waals surface area contributed by atoms with Gasteiger partial charge in [0.15, 0.2) is 0 Å². The van der Waals surface area contributed by atoms with Crippen LogP contribution in [0.15, 0.2) is 30.5 Å². The Labute approximate surface area is 94.1 Å². The van der Waals surface area contributed by atoms with Crippen molar-refractivity contribution >= 4 is 22.4 Å². The fourth-order valence-electron chi connectivity index (χ4n) is 1.72. The van der Waals surface area contributed by atoms with Crippen LogP contribution in [0, 0.1) is 0 Å². The molecule has 0 spiro atoms. The molecule has 0 aliphatic carbocycles. The minimum Gasteiger partial charge on any atom is -0.330 e. The zero-order valence-corrected chi connectivity index (χ0v) is 9.17. The molecule has 2 N–H and O–H groups in total. The molecule has 1 heterocycles. The summed E-state index contributed by atoms with van der Waals surface area (Å²) in [6, 6.07) is 7.89. The molecule has 2 rings (SSSR count). The molecule has 2 nitrogen and oxygen atoms in total. The highest BCUT2D eigenvalue weighted by molar-refractivity contribution is 6.35. The van der Waals surface area contributed by atoms with E-state index in [0.29, 0.717) is 6.54 Å². The lowest BCUT2D eigenvalue weighted by molar-refractivity contribution is 0.817. The van der Waals surface area contributed by atoms with Crippen molar-refractivity contribution in [2.24, 2.45) is 5.73 Å². The Bertz CT molecular complexity index is 463. The zero-order valence-electron chi connectivity index (χ0n) is 8.41. The molecule has 0 saturated carbocycles. The number of nitrogens with zero attached hydrogens (tertiary/aromatic N) is 1. The Kier molecular flexibility index (Phi) is 3.19. The number of aryl methyl sites for hydroxylation is 1. The first-order valence-corrected chi connectivity index (χ1v) is 5.43. The summed E-state index contributed by atoms with van der Waals surface area (Å²) >= 11 is 6.17. The van der Waals surface area contributed by atoms with Gasteiger partial charge in [0.2, 0.25) is 0 Å². The maximum Gasteiger partial charge on any atom is 0.0502 e. The summed E-state index contributed by atoms with van der Waals surface area (Å²) in [7, 11) is 0. The molecule has 2 aromatic rings. The van der Waals surface area contributed by atoms with Crippen LogP contribution in [-0.4, -0.2) is 11.5 Å². The third-order valence-corrected chi connectivity index (χ3v) is 2.75. The molecule has 0 bridgehead atoms. The largest absolute Gasteiger partial charge is 0.330 e. The number of rotatable bonds is 3.